The molecule has 2 amide bonds. The predicted octanol–water partition coefficient (Wildman–Crippen LogP) is 2.32. The topological polar surface area (TPSA) is 167 Å². The van der Waals surface area contributed by atoms with Gasteiger partial charge in [-0.05, 0) is 53.4 Å². The van der Waals surface area contributed by atoms with Gasteiger partial charge in [0.1, 0.15) is 47.0 Å². The van der Waals surface area contributed by atoms with Crippen molar-refractivity contribution < 1.29 is 46.2 Å². The standard InChI is InChI=1S/C36H35F4N5O8/c1-18-29(34(49)45(3)36(51)44(18)2)22-8-6-19(7-9-22)14-27(35(50)53-5)43-33(48)31-25(39)12-21(13-26(31)40)16-41-15-20-10-23(37)30(24(38)11-20)32(47)42-17-28(46)52-4/h6-13,27,41H,14-17H2,1-5H3,(H,42,47)(H,43,48)/t27-/m0/s1. The number of esters is 2. The molecule has 0 aliphatic carbocycles. The molecule has 4 rings (SSSR count). The third-order valence-corrected chi connectivity index (χ3v) is 8.37. The van der Waals surface area contributed by atoms with Crippen LogP contribution >= 0.6 is 0 Å². The van der Waals surface area contributed by atoms with Crippen molar-refractivity contribution in [3.8, 4) is 11.1 Å². The van der Waals surface area contributed by atoms with Crippen LogP contribution in [0.1, 0.15) is 43.1 Å². The Labute approximate surface area is 299 Å². The molecule has 1 aromatic heterocycles. The Bertz CT molecular complexity index is 2160. The lowest BCUT2D eigenvalue weighted by molar-refractivity contribution is -0.143. The van der Waals surface area contributed by atoms with E-state index < -0.39 is 82.0 Å². The minimum Gasteiger partial charge on any atom is -0.468 e. The summed E-state index contributed by atoms with van der Waals surface area (Å²) in [5.74, 6) is -9.04. The summed E-state index contributed by atoms with van der Waals surface area (Å²) in [6, 6.07) is 8.51. The zero-order chi connectivity index (χ0) is 39.1. The number of nitrogens with zero attached hydrogens (tertiary/aromatic N) is 2. The maximum absolute atomic E-state index is 15.1. The molecule has 0 fully saturated rings. The fraction of sp³-hybridized carbons (Fsp3) is 0.278. The molecule has 13 nitrogen and oxygen atoms in total. The van der Waals surface area contributed by atoms with E-state index in [1.165, 1.54) is 18.7 Å². The molecule has 0 radical (unpaired) electrons. The van der Waals surface area contributed by atoms with E-state index in [2.05, 4.69) is 15.4 Å². The average molecular weight is 742 g/mol. The van der Waals surface area contributed by atoms with E-state index in [1.54, 1.807) is 31.2 Å². The number of carbonyl (C=O) groups is 4. The van der Waals surface area contributed by atoms with Crippen LogP contribution in [0.5, 0.6) is 0 Å². The van der Waals surface area contributed by atoms with Gasteiger partial charge in [0.25, 0.3) is 17.4 Å². The van der Waals surface area contributed by atoms with Crippen LogP contribution in [-0.4, -0.2) is 59.7 Å². The van der Waals surface area contributed by atoms with E-state index in [0.29, 0.717) is 22.4 Å². The van der Waals surface area contributed by atoms with Crippen molar-refractivity contribution in [2.75, 3.05) is 20.8 Å². The Morgan fingerprint density at radius 3 is 1.74 bits per heavy atom. The van der Waals surface area contributed by atoms with Crippen molar-refractivity contribution in [3.63, 3.8) is 0 Å². The molecular formula is C36H35F4N5O8. The number of carbonyl (C=O) groups excluding carboxylic acids is 4. The Balaban J connectivity index is 1.43. The lowest BCUT2D eigenvalue weighted by Crippen LogP contribution is -2.43. The van der Waals surface area contributed by atoms with Gasteiger partial charge < -0.3 is 30.0 Å². The summed E-state index contributed by atoms with van der Waals surface area (Å²) < 4.78 is 70.8. The van der Waals surface area contributed by atoms with Gasteiger partial charge in [0.05, 0.1) is 19.8 Å². The van der Waals surface area contributed by atoms with Crippen molar-refractivity contribution in [1.82, 2.24) is 25.1 Å². The Morgan fingerprint density at radius 2 is 1.25 bits per heavy atom. The average Bonchev–Trinajstić information content (AvgIpc) is 3.11. The van der Waals surface area contributed by atoms with Gasteiger partial charge in [-0.3, -0.25) is 23.7 Å². The van der Waals surface area contributed by atoms with Crippen molar-refractivity contribution in [2.45, 2.75) is 32.5 Å². The summed E-state index contributed by atoms with van der Waals surface area (Å²) >= 11 is 0. The van der Waals surface area contributed by atoms with Crippen molar-refractivity contribution in [1.29, 1.82) is 0 Å². The highest BCUT2D eigenvalue weighted by Crippen LogP contribution is 2.21. The number of methoxy groups -OCH3 is 2. The number of ether oxygens (including phenoxy) is 2. The fourth-order valence-electron chi connectivity index (χ4n) is 5.44. The molecule has 0 aliphatic rings. The van der Waals surface area contributed by atoms with Crippen LogP contribution < -0.4 is 27.2 Å². The van der Waals surface area contributed by atoms with Crippen molar-refractivity contribution >= 4 is 23.8 Å². The molecule has 0 saturated heterocycles. The van der Waals surface area contributed by atoms with E-state index in [1.807, 2.05) is 5.32 Å². The predicted molar refractivity (Wildman–Crippen MR) is 182 cm³/mol. The molecule has 0 saturated carbocycles. The zero-order valence-electron chi connectivity index (χ0n) is 29.2. The van der Waals surface area contributed by atoms with Gasteiger partial charge in [-0.1, -0.05) is 24.3 Å². The first kappa shape index (κ1) is 39.7. The molecule has 0 unspecified atom stereocenters. The van der Waals surface area contributed by atoms with Crippen LogP contribution in [-0.2, 0) is 52.7 Å². The Morgan fingerprint density at radius 1 is 0.736 bits per heavy atom. The Kier molecular flexibility index (Phi) is 12.7. The number of aromatic nitrogens is 2. The fourth-order valence-corrected chi connectivity index (χ4v) is 5.44. The maximum Gasteiger partial charge on any atom is 0.330 e. The van der Waals surface area contributed by atoms with Gasteiger partial charge in [0.15, 0.2) is 0 Å². The summed E-state index contributed by atoms with van der Waals surface area (Å²) in [6.07, 6.45) is -0.144. The highest BCUT2D eigenvalue weighted by Gasteiger charge is 2.27. The second kappa shape index (κ2) is 16.9. The number of nitrogens with one attached hydrogen (secondary N) is 3. The summed E-state index contributed by atoms with van der Waals surface area (Å²) in [5, 5.41) is 7.09. The zero-order valence-corrected chi connectivity index (χ0v) is 29.2. The van der Waals surface area contributed by atoms with E-state index in [-0.39, 0.29) is 30.6 Å². The van der Waals surface area contributed by atoms with Gasteiger partial charge in [0.2, 0.25) is 0 Å². The molecule has 0 spiro atoms. The highest BCUT2D eigenvalue weighted by atomic mass is 19.1. The Hall–Kier alpha value is -6.10. The molecule has 280 valence electrons. The number of hydrogen-bond donors (Lipinski definition) is 3. The minimum atomic E-state index is -1.36. The lowest BCUT2D eigenvalue weighted by Gasteiger charge is -2.18. The van der Waals surface area contributed by atoms with Gasteiger partial charge in [-0.25, -0.2) is 27.2 Å². The molecular weight excluding hydrogens is 706 g/mol. The van der Waals surface area contributed by atoms with Crippen LogP contribution in [0.15, 0.2) is 58.1 Å². The van der Waals surface area contributed by atoms with E-state index >= 15 is 8.78 Å². The number of benzene rings is 3. The van der Waals surface area contributed by atoms with Gasteiger partial charge in [-0.15, -0.1) is 0 Å². The second-order valence-corrected chi connectivity index (χ2v) is 11.8. The molecule has 0 bridgehead atoms. The van der Waals surface area contributed by atoms with Gasteiger partial charge in [-0.2, -0.15) is 0 Å². The minimum absolute atomic E-state index is 0.0319. The molecule has 3 aromatic carbocycles. The largest absolute Gasteiger partial charge is 0.468 e. The molecule has 17 heteroatoms. The van der Waals surface area contributed by atoms with Gasteiger partial charge >= 0.3 is 17.6 Å². The first-order chi connectivity index (χ1) is 25.1. The molecule has 53 heavy (non-hydrogen) atoms. The number of amides is 2. The molecule has 1 heterocycles. The van der Waals surface area contributed by atoms with Crippen LogP contribution in [0, 0.1) is 30.2 Å². The van der Waals surface area contributed by atoms with Gasteiger partial charge in [0, 0.05) is 39.3 Å². The summed E-state index contributed by atoms with van der Waals surface area (Å²) in [6.45, 7) is 0.639. The maximum atomic E-state index is 15.1. The summed E-state index contributed by atoms with van der Waals surface area (Å²) in [7, 11) is 5.05. The highest BCUT2D eigenvalue weighted by molar-refractivity contribution is 5.97. The SMILES string of the molecule is COC(=O)CNC(=O)c1c(F)cc(CNCc2cc(F)c(C(=O)N[C@@H](Cc3ccc(-c4c(C)n(C)c(=O)n(C)c4=O)cc3)C(=O)OC)c(F)c2)cc1F. The van der Waals surface area contributed by atoms with E-state index in [0.717, 1.165) is 43.1 Å². The van der Waals surface area contributed by atoms with Crippen LogP contribution in [0.25, 0.3) is 11.1 Å². The molecule has 3 N–H and O–H groups in total. The second-order valence-electron chi connectivity index (χ2n) is 11.8. The third kappa shape index (κ3) is 9.04. The quantitative estimate of drug-likeness (QED) is 0.138. The third-order valence-electron chi connectivity index (χ3n) is 8.37. The number of hydrogen-bond acceptors (Lipinski definition) is 9. The van der Waals surface area contributed by atoms with Crippen molar-refractivity contribution in [2.24, 2.45) is 14.1 Å². The van der Waals surface area contributed by atoms with E-state index in [9.17, 15) is 37.5 Å². The molecule has 1 atom stereocenters. The van der Waals surface area contributed by atoms with Crippen LogP contribution in [0.3, 0.4) is 0 Å². The summed E-state index contributed by atoms with van der Waals surface area (Å²) in [5.41, 5.74) is -1.05. The first-order valence-electron chi connectivity index (χ1n) is 15.8. The smallest absolute Gasteiger partial charge is 0.330 e. The monoisotopic (exact) mass is 741 g/mol. The van der Waals surface area contributed by atoms with Crippen molar-refractivity contribution in [3.05, 3.63) is 126 Å². The first-order valence-corrected chi connectivity index (χ1v) is 15.8. The lowest BCUT2D eigenvalue weighted by atomic mass is 10.00. The summed E-state index contributed by atoms with van der Waals surface area (Å²) in [4.78, 5) is 74.0. The van der Waals surface area contributed by atoms with E-state index in [4.69, 9.17) is 4.74 Å². The number of halogens is 4. The van der Waals surface area contributed by atoms with Crippen LogP contribution in [0.4, 0.5) is 17.6 Å². The normalized spacial score (nSPS) is 11.5. The molecule has 0 aliphatic heterocycles. The number of rotatable bonds is 13. The molecule has 4 aromatic rings. The van der Waals surface area contributed by atoms with Crippen LogP contribution in [0.2, 0.25) is 0 Å².